The van der Waals surface area contributed by atoms with E-state index in [9.17, 15) is 0 Å². The second-order valence-electron chi connectivity index (χ2n) is 7.20. The van der Waals surface area contributed by atoms with Crippen LogP contribution in [0.4, 0.5) is 0 Å². The minimum absolute atomic E-state index is 0.463. The fourth-order valence-electron chi connectivity index (χ4n) is 4.33. The maximum absolute atomic E-state index is 6.40. The minimum Gasteiger partial charge on any atom is -0.373 e. The Bertz CT molecular complexity index is 276. The second kappa shape index (κ2) is 6.58. The van der Waals surface area contributed by atoms with Crippen molar-refractivity contribution in [1.82, 2.24) is 5.32 Å². The van der Waals surface area contributed by atoms with E-state index in [-0.39, 0.29) is 0 Å². The van der Waals surface area contributed by atoms with Gasteiger partial charge in [0.1, 0.15) is 0 Å². The van der Waals surface area contributed by atoms with Crippen molar-refractivity contribution in [3.63, 3.8) is 0 Å². The number of unbranched alkanes of at least 4 members (excludes halogenated alkanes) is 1. The van der Waals surface area contributed by atoms with Gasteiger partial charge in [0.2, 0.25) is 0 Å². The summed E-state index contributed by atoms with van der Waals surface area (Å²) in [7, 11) is 0. The number of fused-ring (bicyclic) bond motifs is 1. The molecular formula is C17H33NO. The standard InChI is InChI=1S/C17H33NO/c1-5-7-10-18-12-14-8-9-15-16(19-14)11-13(6-2)17(15,3)4/h13-16,18H,5-12H2,1-4H3. The van der Waals surface area contributed by atoms with Crippen LogP contribution in [0, 0.1) is 17.3 Å². The summed E-state index contributed by atoms with van der Waals surface area (Å²) in [4.78, 5) is 0. The predicted octanol–water partition coefficient (Wildman–Crippen LogP) is 4.00. The molecule has 1 saturated carbocycles. The first-order valence-corrected chi connectivity index (χ1v) is 8.45. The minimum atomic E-state index is 0.463. The highest BCUT2D eigenvalue weighted by molar-refractivity contribution is 4.99. The summed E-state index contributed by atoms with van der Waals surface area (Å²) in [5.74, 6) is 1.65. The monoisotopic (exact) mass is 267 g/mol. The Morgan fingerprint density at radius 1 is 1.21 bits per heavy atom. The molecule has 2 heteroatoms. The third kappa shape index (κ3) is 3.33. The summed E-state index contributed by atoms with van der Waals surface area (Å²) < 4.78 is 6.40. The first kappa shape index (κ1) is 15.3. The Hall–Kier alpha value is -0.0800. The zero-order valence-corrected chi connectivity index (χ0v) is 13.4. The van der Waals surface area contributed by atoms with Gasteiger partial charge < -0.3 is 10.1 Å². The van der Waals surface area contributed by atoms with Gasteiger partial charge in [-0.2, -0.15) is 0 Å². The molecule has 1 saturated heterocycles. The first-order chi connectivity index (χ1) is 9.09. The number of hydrogen-bond donors (Lipinski definition) is 1. The Morgan fingerprint density at radius 2 is 2.00 bits per heavy atom. The van der Waals surface area contributed by atoms with Crippen molar-refractivity contribution >= 4 is 0 Å². The van der Waals surface area contributed by atoms with Crippen LogP contribution in [-0.4, -0.2) is 25.3 Å². The molecule has 0 amide bonds. The summed E-state index contributed by atoms with van der Waals surface area (Å²) in [6.07, 6.45) is 8.77. The highest BCUT2D eigenvalue weighted by Crippen LogP contribution is 2.53. The van der Waals surface area contributed by atoms with E-state index in [0.29, 0.717) is 17.6 Å². The summed E-state index contributed by atoms with van der Waals surface area (Å²) in [5.41, 5.74) is 0.486. The summed E-state index contributed by atoms with van der Waals surface area (Å²) in [6, 6.07) is 0. The van der Waals surface area contributed by atoms with Crippen molar-refractivity contribution < 1.29 is 4.74 Å². The van der Waals surface area contributed by atoms with Crippen LogP contribution in [0.1, 0.15) is 66.2 Å². The zero-order chi connectivity index (χ0) is 13.9. The van der Waals surface area contributed by atoms with Gasteiger partial charge in [-0.1, -0.05) is 40.5 Å². The molecule has 4 atom stereocenters. The lowest BCUT2D eigenvalue weighted by Crippen LogP contribution is -2.41. The van der Waals surface area contributed by atoms with Crippen LogP contribution in [0.3, 0.4) is 0 Å². The number of nitrogens with one attached hydrogen (secondary N) is 1. The lowest BCUT2D eigenvalue weighted by molar-refractivity contribution is -0.0838. The fourth-order valence-corrected chi connectivity index (χ4v) is 4.33. The molecule has 112 valence electrons. The van der Waals surface area contributed by atoms with Crippen LogP contribution >= 0.6 is 0 Å². The van der Waals surface area contributed by atoms with Gasteiger partial charge in [-0.15, -0.1) is 0 Å². The molecule has 2 rings (SSSR count). The SMILES string of the molecule is CCCCNCC1CCC2C(CC(CC)C2(C)C)O1. The third-order valence-corrected chi connectivity index (χ3v) is 5.71. The van der Waals surface area contributed by atoms with Gasteiger partial charge in [-0.3, -0.25) is 0 Å². The quantitative estimate of drug-likeness (QED) is 0.735. The van der Waals surface area contributed by atoms with Gasteiger partial charge in [-0.05, 0) is 49.5 Å². The van der Waals surface area contributed by atoms with Crippen molar-refractivity contribution in [3.05, 3.63) is 0 Å². The molecule has 0 radical (unpaired) electrons. The third-order valence-electron chi connectivity index (χ3n) is 5.71. The second-order valence-corrected chi connectivity index (χ2v) is 7.20. The van der Waals surface area contributed by atoms with E-state index >= 15 is 0 Å². The number of rotatable bonds is 6. The van der Waals surface area contributed by atoms with E-state index in [1.54, 1.807) is 0 Å². The summed E-state index contributed by atoms with van der Waals surface area (Å²) in [6.45, 7) is 11.7. The lowest BCUT2D eigenvalue weighted by atomic mass is 9.72. The van der Waals surface area contributed by atoms with Crippen molar-refractivity contribution in [2.45, 2.75) is 78.4 Å². The molecule has 0 aromatic carbocycles. The molecule has 0 spiro atoms. The molecule has 1 heterocycles. The predicted molar refractivity (Wildman–Crippen MR) is 81.3 cm³/mol. The van der Waals surface area contributed by atoms with Gasteiger partial charge in [-0.25, -0.2) is 0 Å². The van der Waals surface area contributed by atoms with E-state index in [1.165, 1.54) is 38.5 Å². The average Bonchev–Trinajstić information content (AvgIpc) is 2.65. The van der Waals surface area contributed by atoms with Gasteiger partial charge in [0.05, 0.1) is 12.2 Å². The van der Waals surface area contributed by atoms with Gasteiger partial charge in [0.25, 0.3) is 0 Å². The summed E-state index contributed by atoms with van der Waals surface area (Å²) in [5, 5.41) is 3.56. The van der Waals surface area contributed by atoms with Gasteiger partial charge in [0.15, 0.2) is 0 Å². The average molecular weight is 267 g/mol. The Labute approximate surface area is 119 Å². The smallest absolute Gasteiger partial charge is 0.0703 e. The van der Waals surface area contributed by atoms with Crippen LogP contribution < -0.4 is 5.32 Å². The van der Waals surface area contributed by atoms with Crippen LogP contribution in [0.2, 0.25) is 0 Å². The largest absolute Gasteiger partial charge is 0.373 e. The summed E-state index contributed by atoms with van der Waals surface area (Å²) >= 11 is 0. The van der Waals surface area contributed by atoms with Crippen LogP contribution in [0.5, 0.6) is 0 Å². The zero-order valence-electron chi connectivity index (χ0n) is 13.4. The van der Waals surface area contributed by atoms with E-state index in [1.807, 2.05) is 0 Å². The fraction of sp³-hybridized carbons (Fsp3) is 1.00. The lowest BCUT2D eigenvalue weighted by Gasteiger charge is -2.39. The van der Waals surface area contributed by atoms with Crippen LogP contribution in [0.25, 0.3) is 0 Å². The van der Waals surface area contributed by atoms with E-state index in [0.717, 1.165) is 24.9 Å². The number of hydrogen-bond acceptors (Lipinski definition) is 2. The van der Waals surface area contributed by atoms with Gasteiger partial charge >= 0.3 is 0 Å². The molecule has 2 nitrogen and oxygen atoms in total. The molecule has 2 fully saturated rings. The molecule has 0 aromatic heterocycles. The van der Waals surface area contributed by atoms with Crippen LogP contribution in [0.15, 0.2) is 0 Å². The molecule has 0 aromatic rings. The molecule has 0 bridgehead atoms. The van der Waals surface area contributed by atoms with E-state index in [4.69, 9.17) is 4.74 Å². The molecule has 1 N–H and O–H groups in total. The van der Waals surface area contributed by atoms with E-state index in [2.05, 4.69) is 33.0 Å². The molecule has 1 aliphatic carbocycles. The Kier molecular flexibility index (Phi) is 5.30. The highest BCUT2D eigenvalue weighted by Gasteiger charge is 2.50. The van der Waals surface area contributed by atoms with Crippen molar-refractivity contribution in [3.8, 4) is 0 Å². The highest BCUT2D eigenvalue weighted by atomic mass is 16.5. The topological polar surface area (TPSA) is 21.3 Å². The Balaban J connectivity index is 1.81. The van der Waals surface area contributed by atoms with Crippen molar-refractivity contribution in [1.29, 1.82) is 0 Å². The maximum atomic E-state index is 6.40. The number of ether oxygens (including phenoxy) is 1. The molecule has 4 unspecified atom stereocenters. The molecular weight excluding hydrogens is 234 g/mol. The Morgan fingerprint density at radius 3 is 2.68 bits per heavy atom. The molecule has 2 aliphatic rings. The normalized spacial score (nSPS) is 37.3. The molecule has 19 heavy (non-hydrogen) atoms. The molecule has 1 aliphatic heterocycles. The van der Waals surface area contributed by atoms with Gasteiger partial charge in [0, 0.05) is 6.54 Å². The van der Waals surface area contributed by atoms with Crippen molar-refractivity contribution in [2.75, 3.05) is 13.1 Å². The first-order valence-electron chi connectivity index (χ1n) is 8.45. The maximum Gasteiger partial charge on any atom is 0.0703 e. The van der Waals surface area contributed by atoms with Crippen LogP contribution in [-0.2, 0) is 4.74 Å². The van der Waals surface area contributed by atoms with Crippen molar-refractivity contribution in [2.24, 2.45) is 17.3 Å². The van der Waals surface area contributed by atoms with E-state index < -0.39 is 0 Å².